The second-order valence-corrected chi connectivity index (χ2v) is 11.8. The van der Waals surface area contributed by atoms with Crippen molar-refractivity contribution in [2.24, 2.45) is 5.14 Å². The van der Waals surface area contributed by atoms with Gasteiger partial charge in [-0.1, -0.05) is 24.3 Å². The summed E-state index contributed by atoms with van der Waals surface area (Å²) < 4.78 is 45.6. The number of carbonyl (C=O) groups excluding carboxylic acids is 1. The van der Waals surface area contributed by atoms with Crippen molar-refractivity contribution in [3.63, 3.8) is 0 Å². The van der Waals surface area contributed by atoms with Gasteiger partial charge in [-0.2, -0.15) is 0 Å². The van der Waals surface area contributed by atoms with Gasteiger partial charge in [0.1, 0.15) is 0 Å². The lowest BCUT2D eigenvalue weighted by molar-refractivity contribution is 0.102. The molecule has 2 aromatic carbocycles. The smallest absolute Gasteiger partial charge is 0.256 e. The zero-order valence-electron chi connectivity index (χ0n) is 14.9. The Labute approximate surface area is 168 Å². The molecule has 0 aliphatic carbocycles. The van der Waals surface area contributed by atoms with Crippen molar-refractivity contribution in [1.82, 2.24) is 0 Å². The molecule has 0 saturated carbocycles. The Morgan fingerprint density at radius 1 is 1.14 bits per heavy atom. The minimum atomic E-state index is -3.61. The van der Waals surface area contributed by atoms with Crippen molar-refractivity contribution >= 4 is 43.2 Å². The largest absolute Gasteiger partial charge is 0.322 e. The molecule has 0 aromatic heterocycles. The van der Waals surface area contributed by atoms with E-state index in [0.717, 1.165) is 4.90 Å². The number of rotatable bonds is 6. The van der Waals surface area contributed by atoms with Crippen molar-refractivity contribution in [3.05, 3.63) is 59.7 Å². The summed E-state index contributed by atoms with van der Waals surface area (Å²) in [4.78, 5) is 13.4. The Kier molecular flexibility index (Phi) is 6.13. The monoisotopic (exact) mass is 440 g/mol. The summed E-state index contributed by atoms with van der Waals surface area (Å²) in [5.74, 6) is -0.281. The fourth-order valence-corrected chi connectivity index (χ4v) is 7.19. The van der Waals surface area contributed by atoms with Gasteiger partial charge in [0.05, 0.1) is 22.8 Å². The summed E-state index contributed by atoms with van der Waals surface area (Å²) in [6, 6.07) is 13.4. The molecule has 1 aliphatic heterocycles. The van der Waals surface area contributed by atoms with Crippen molar-refractivity contribution in [1.29, 1.82) is 0 Å². The molecule has 0 spiro atoms. The molecule has 7 nitrogen and oxygen atoms in total. The molecule has 1 saturated heterocycles. The number of nitrogens with two attached hydrogens (primary N) is 1. The molecule has 10 heteroatoms. The summed E-state index contributed by atoms with van der Waals surface area (Å²) in [7, 11) is -6.60. The highest BCUT2D eigenvalue weighted by molar-refractivity contribution is 8.02. The van der Waals surface area contributed by atoms with Crippen LogP contribution in [0.25, 0.3) is 0 Å². The first-order valence-electron chi connectivity index (χ1n) is 8.48. The van der Waals surface area contributed by atoms with Crippen LogP contribution in [0.5, 0.6) is 0 Å². The van der Waals surface area contributed by atoms with Crippen molar-refractivity contribution in [2.45, 2.75) is 22.3 Å². The summed E-state index contributed by atoms with van der Waals surface area (Å²) in [5, 5.41) is 7.74. The first-order chi connectivity index (χ1) is 13.1. The Balaban J connectivity index is 1.71. The Morgan fingerprint density at radius 2 is 1.82 bits per heavy atom. The molecular weight excluding hydrogens is 420 g/mol. The molecule has 1 atom stereocenters. The quantitative estimate of drug-likeness (QED) is 0.708. The Morgan fingerprint density at radius 3 is 2.43 bits per heavy atom. The number of carbonyl (C=O) groups is 1. The van der Waals surface area contributed by atoms with E-state index in [1.165, 1.54) is 11.8 Å². The van der Waals surface area contributed by atoms with Crippen LogP contribution in [0, 0.1) is 0 Å². The fraction of sp³-hybridized carbons (Fsp3) is 0.278. The molecule has 1 fully saturated rings. The highest BCUT2D eigenvalue weighted by atomic mass is 32.2. The van der Waals surface area contributed by atoms with E-state index in [2.05, 4.69) is 5.32 Å². The molecule has 28 heavy (non-hydrogen) atoms. The van der Waals surface area contributed by atoms with Crippen molar-refractivity contribution in [2.75, 3.05) is 16.8 Å². The molecule has 1 heterocycles. The fourth-order valence-electron chi connectivity index (χ4n) is 2.91. The van der Waals surface area contributed by atoms with Crippen LogP contribution in [0.15, 0.2) is 53.4 Å². The summed E-state index contributed by atoms with van der Waals surface area (Å²) in [5.41, 5.74) is 1.51. The van der Waals surface area contributed by atoms with Gasteiger partial charge >= 0.3 is 0 Å². The van der Waals surface area contributed by atoms with Crippen LogP contribution in [0.1, 0.15) is 22.3 Å². The van der Waals surface area contributed by atoms with Gasteiger partial charge in [0, 0.05) is 15.8 Å². The van der Waals surface area contributed by atoms with Crippen LogP contribution in [0.2, 0.25) is 0 Å². The van der Waals surface area contributed by atoms with E-state index >= 15 is 0 Å². The maximum Gasteiger partial charge on any atom is 0.256 e. The summed E-state index contributed by atoms with van der Waals surface area (Å²) >= 11 is 1.41. The zero-order valence-corrected chi connectivity index (χ0v) is 17.3. The third-order valence-electron chi connectivity index (χ3n) is 4.20. The first-order valence-corrected chi connectivity index (χ1v) is 12.9. The average Bonchev–Trinajstić information content (AvgIpc) is 2.94. The van der Waals surface area contributed by atoms with Gasteiger partial charge < -0.3 is 5.32 Å². The molecule has 0 radical (unpaired) electrons. The van der Waals surface area contributed by atoms with E-state index in [-0.39, 0.29) is 28.4 Å². The third-order valence-corrected chi connectivity index (χ3v) is 8.26. The van der Waals surface area contributed by atoms with E-state index in [1.807, 2.05) is 6.07 Å². The lowest BCUT2D eigenvalue weighted by Crippen LogP contribution is -2.15. The summed E-state index contributed by atoms with van der Waals surface area (Å²) in [6.07, 6.45) is 0.578. The second-order valence-electron chi connectivity index (χ2n) is 6.60. The minimum absolute atomic E-state index is 0.0588. The molecule has 0 bridgehead atoms. The van der Waals surface area contributed by atoms with Gasteiger partial charge in [0.15, 0.2) is 9.84 Å². The van der Waals surface area contributed by atoms with Gasteiger partial charge in [-0.15, -0.1) is 11.8 Å². The second kappa shape index (κ2) is 8.24. The Hall–Kier alpha value is -1.88. The average molecular weight is 441 g/mol. The van der Waals surface area contributed by atoms with Crippen LogP contribution >= 0.6 is 11.8 Å². The third kappa shape index (κ3) is 5.81. The van der Waals surface area contributed by atoms with E-state index in [4.69, 9.17) is 5.14 Å². The lowest BCUT2D eigenvalue weighted by Gasteiger charge is -2.13. The molecule has 1 amide bonds. The topological polar surface area (TPSA) is 123 Å². The molecule has 2 aromatic rings. The predicted molar refractivity (Wildman–Crippen MR) is 111 cm³/mol. The van der Waals surface area contributed by atoms with Gasteiger partial charge in [0.25, 0.3) is 5.91 Å². The van der Waals surface area contributed by atoms with Crippen LogP contribution in [0.3, 0.4) is 0 Å². The zero-order chi connectivity index (χ0) is 20.4. The number of sulfone groups is 1. The standard InChI is InChI=1S/C18H20N2O5S3/c19-28(24,25)11-13-5-7-14(8-6-13)20-18(21)16-3-1-2-4-17(16)26-15-9-10-27(22,23)12-15/h1-8,15H,9-12H2,(H,20,21)(H2,19,24,25). The minimum Gasteiger partial charge on any atom is -0.322 e. The molecule has 3 rings (SSSR count). The molecule has 3 N–H and O–H groups in total. The number of nitrogens with one attached hydrogen (secondary N) is 1. The maximum absolute atomic E-state index is 12.7. The number of hydrogen-bond acceptors (Lipinski definition) is 6. The van der Waals surface area contributed by atoms with E-state index in [1.54, 1.807) is 42.5 Å². The van der Waals surface area contributed by atoms with Gasteiger partial charge in [0.2, 0.25) is 10.0 Å². The molecule has 1 unspecified atom stereocenters. The molecule has 1 aliphatic rings. The maximum atomic E-state index is 12.7. The van der Waals surface area contributed by atoms with Gasteiger partial charge in [-0.05, 0) is 36.2 Å². The Bertz CT molecular complexity index is 1080. The first kappa shape index (κ1) is 20.8. The van der Waals surface area contributed by atoms with Crippen molar-refractivity contribution < 1.29 is 21.6 Å². The van der Waals surface area contributed by atoms with Crippen LogP contribution < -0.4 is 10.5 Å². The normalized spacial score (nSPS) is 18.7. The molecule has 150 valence electrons. The molecular formula is C18H20N2O5S3. The van der Waals surface area contributed by atoms with Gasteiger partial charge in [-0.25, -0.2) is 22.0 Å². The number of anilines is 1. The number of hydrogen-bond donors (Lipinski definition) is 2. The lowest BCUT2D eigenvalue weighted by atomic mass is 10.2. The highest BCUT2D eigenvalue weighted by Gasteiger charge is 2.29. The number of primary sulfonamides is 1. The van der Waals surface area contributed by atoms with Crippen LogP contribution in [0.4, 0.5) is 5.69 Å². The summed E-state index contributed by atoms with van der Waals surface area (Å²) in [6.45, 7) is 0. The predicted octanol–water partition coefficient (Wildman–Crippen LogP) is 2.01. The van der Waals surface area contributed by atoms with Crippen LogP contribution in [-0.2, 0) is 25.6 Å². The number of thioether (sulfide) groups is 1. The highest BCUT2D eigenvalue weighted by Crippen LogP contribution is 2.33. The van der Waals surface area contributed by atoms with E-state index in [9.17, 15) is 21.6 Å². The number of benzene rings is 2. The van der Waals surface area contributed by atoms with Crippen molar-refractivity contribution in [3.8, 4) is 0 Å². The number of sulfonamides is 1. The number of amides is 1. The SMILES string of the molecule is NS(=O)(=O)Cc1ccc(NC(=O)c2ccccc2SC2CCS(=O)(=O)C2)cc1. The van der Waals surface area contributed by atoms with E-state index < -0.39 is 19.9 Å². The van der Waals surface area contributed by atoms with Crippen LogP contribution in [-0.4, -0.2) is 39.5 Å². The van der Waals surface area contributed by atoms with Gasteiger partial charge in [-0.3, -0.25) is 4.79 Å². The van der Waals surface area contributed by atoms with E-state index in [0.29, 0.717) is 23.2 Å².